The number of nitrogens with zero attached hydrogens (tertiary/aromatic N) is 2. The van der Waals surface area contributed by atoms with Crippen molar-refractivity contribution < 1.29 is 21.6 Å². The maximum Gasteiger partial charge on any atom is 0.433 e. The third-order valence-corrected chi connectivity index (χ3v) is 6.88. The van der Waals surface area contributed by atoms with Gasteiger partial charge in [-0.25, -0.2) is 13.4 Å². The predicted molar refractivity (Wildman–Crippen MR) is 74.0 cm³/mol. The van der Waals surface area contributed by atoms with E-state index in [1.807, 2.05) is 0 Å². The fraction of sp³-hybridized carbons (Fsp3) is 0.333. The van der Waals surface area contributed by atoms with Crippen molar-refractivity contribution in [1.82, 2.24) is 15.2 Å². The van der Waals surface area contributed by atoms with Crippen LogP contribution in [-0.2, 0) is 16.0 Å². The Hall–Kier alpha value is -0.650. The molecule has 21 heavy (non-hydrogen) atoms. The minimum Gasteiger partial charge on any atom is -0.272 e. The molecule has 0 aliphatic rings. The first-order valence-corrected chi connectivity index (χ1v) is 8.74. The first-order valence-electron chi connectivity index (χ1n) is 5.21. The molecule has 0 saturated heterocycles. The summed E-state index contributed by atoms with van der Waals surface area (Å²) in [4.78, 5) is 3.67. The van der Waals surface area contributed by atoms with Crippen LogP contribution < -0.4 is 0 Å². The van der Waals surface area contributed by atoms with Gasteiger partial charge in [-0.3, -0.25) is 5.10 Å². The first-order chi connectivity index (χ1) is 9.55. The van der Waals surface area contributed by atoms with Gasteiger partial charge in [0.2, 0.25) is 14.2 Å². The van der Waals surface area contributed by atoms with Gasteiger partial charge >= 0.3 is 6.18 Å². The first kappa shape index (κ1) is 16.7. The molecule has 0 aliphatic heterocycles. The molecular formula is C9H6BrClF3N3O2S2. The number of thiazole rings is 1. The van der Waals surface area contributed by atoms with Crippen LogP contribution in [0, 0.1) is 0 Å². The zero-order valence-corrected chi connectivity index (χ0v) is 14.0. The van der Waals surface area contributed by atoms with Crippen molar-refractivity contribution in [1.29, 1.82) is 0 Å². The van der Waals surface area contributed by atoms with Crippen molar-refractivity contribution in [2.45, 2.75) is 22.7 Å². The van der Waals surface area contributed by atoms with Gasteiger partial charge in [0.25, 0.3) is 0 Å². The number of hydrogen-bond donors (Lipinski definition) is 1. The second kappa shape index (κ2) is 5.52. The molecule has 12 heteroatoms. The van der Waals surface area contributed by atoms with E-state index in [2.05, 4.69) is 26.0 Å². The Kier molecular flexibility index (Phi) is 4.40. The Labute approximate surface area is 134 Å². The molecule has 2 aromatic rings. The van der Waals surface area contributed by atoms with Crippen LogP contribution in [0.25, 0.3) is 0 Å². The summed E-state index contributed by atoms with van der Waals surface area (Å²) in [6.07, 6.45) is -3.53. The number of rotatable bonds is 3. The van der Waals surface area contributed by atoms with Gasteiger partial charge in [0.15, 0.2) is 5.15 Å². The Morgan fingerprint density at radius 2 is 2.10 bits per heavy atom. The van der Waals surface area contributed by atoms with E-state index in [-0.39, 0.29) is 4.34 Å². The number of H-pyrrole nitrogens is 1. The number of alkyl halides is 3. The summed E-state index contributed by atoms with van der Waals surface area (Å²) in [6, 6.07) is 0. The highest BCUT2D eigenvalue weighted by Crippen LogP contribution is 2.41. The lowest BCUT2D eigenvalue weighted by atomic mass is 10.2. The van der Waals surface area contributed by atoms with Crippen LogP contribution in [0.1, 0.15) is 23.4 Å². The van der Waals surface area contributed by atoms with Gasteiger partial charge in [-0.1, -0.05) is 22.9 Å². The fourth-order valence-corrected chi connectivity index (χ4v) is 5.43. The summed E-state index contributed by atoms with van der Waals surface area (Å²) in [7, 11) is -4.11. The third-order valence-electron chi connectivity index (χ3n) is 2.61. The predicted octanol–water partition coefficient (Wildman–Crippen LogP) is 3.84. The zero-order chi connectivity index (χ0) is 16.0. The minimum absolute atomic E-state index is 0.299. The highest BCUT2D eigenvalue weighted by atomic mass is 79.9. The van der Waals surface area contributed by atoms with E-state index in [9.17, 15) is 21.6 Å². The molecule has 1 N–H and O–H groups in total. The number of aromatic amines is 1. The van der Waals surface area contributed by atoms with Crippen LogP contribution in [-0.4, -0.2) is 23.6 Å². The molecule has 2 heterocycles. The van der Waals surface area contributed by atoms with Crippen molar-refractivity contribution >= 4 is 48.7 Å². The standard InChI is InChI=1S/C9H6BrClF3N3O2S2/c1-3(21(18,19)8-15-2-4(10)20-8)5-6(9(12,13)14)16-17-7(5)11/h2-3H,1H3,(H,16,17). The molecule has 5 nitrogen and oxygen atoms in total. The molecule has 2 aromatic heterocycles. The van der Waals surface area contributed by atoms with Gasteiger partial charge in [-0.15, -0.1) is 0 Å². The smallest absolute Gasteiger partial charge is 0.272 e. The van der Waals surface area contributed by atoms with E-state index in [4.69, 9.17) is 11.6 Å². The summed E-state index contributed by atoms with van der Waals surface area (Å²) in [6.45, 7) is 1.11. The molecule has 0 saturated carbocycles. The van der Waals surface area contributed by atoms with Crippen LogP contribution in [0.15, 0.2) is 14.3 Å². The van der Waals surface area contributed by atoms with Crippen molar-refractivity contribution in [3.05, 3.63) is 26.4 Å². The Bertz CT molecular complexity index is 772. The fourth-order valence-electron chi connectivity index (χ4n) is 1.59. The largest absolute Gasteiger partial charge is 0.433 e. The minimum atomic E-state index is -4.79. The SMILES string of the molecule is CC(c1c(Cl)n[nH]c1C(F)(F)F)S(=O)(=O)c1ncc(Br)s1. The van der Waals surface area contributed by atoms with Gasteiger partial charge in [-0.05, 0) is 22.9 Å². The maximum atomic E-state index is 12.9. The maximum absolute atomic E-state index is 12.9. The summed E-state index contributed by atoms with van der Waals surface area (Å²) < 4.78 is 63.4. The molecule has 0 fully saturated rings. The Balaban J connectivity index is 2.55. The van der Waals surface area contributed by atoms with Gasteiger partial charge in [-0.2, -0.15) is 18.3 Å². The molecule has 2 rings (SSSR count). The molecule has 1 unspecified atom stereocenters. The zero-order valence-electron chi connectivity index (χ0n) is 10.1. The molecule has 0 aliphatic carbocycles. The topological polar surface area (TPSA) is 75.7 Å². The lowest BCUT2D eigenvalue weighted by Crippen LogP contribution is -2.16. The van der Waals surface area contributed by atoms with Crippen molar-refractivity contribution in [3.63, 3.8) is 0 Å². The van der Waals surface area contributed by atoms with E-state index < -0.39 is 37.7 Å². The third kappa shape index (κ3) is 3.10. The van der Waals surface area contributed by atoms with E-state index >= 15 is 0 Å². The van der Waals surface area contributed by atoms with Crippen LogP contribution in [0.5, 0.6) is 0 Å². The van der Waals surface area contributed by atoms with Crippen molar-refractivity contribution in [2.75, 3.05) is 0 Å². The summed E-state index contributed by atoms with van der Waals surface area (Å²) in [5, 5.41) is 2.90. The van der Waals surface area contributed by atoms with E-state index in [0.29, 0.717) is 3.79 Å². The highest BCUT2D eigenvalue weighted by Gasteiger charge is 2.42. The number of sulfone groups is 1. The van der Waals surface area contributed by atoms with Crippen LogP contribution in [0.4, 0.5) is 13.2 Å². The van der Waals surface area contributed by atoms with Crippen LogP contribution >= 0.6 is 38.9 Å². The monoisotopic (exact) mass is 423 g/mol. The Morgan fingerprint density at radius 3 is 2.57 bits per heavy atom. The molecule has 0 amide bonds. The average Bonchev–Trinajstić information content (AvgIpc) is 2.94. The summed E-state index contributed by atoms with van der Waals surface area (Å²) in [5.74, 6) is 0. The van der Waals surface area contributed by atoms with E-state index in [1.54, 1.807) is 5.10 Å². The van der Waals surface area contributed by atoms with Gasteiger partial charge in [0.05, 0.1) is 15.2 Å². The van der Waals surface area contributed by atoms with Gasteiger partial charge in [0, 0.05) is 5.56 Å². The Morgan fingerprint density at radius 1 is 1.48 bits per heavy atom. The molecule has 0 radical (unpaired) electrons. The summed E-state index contributed by atoms with van der Waals surface area (Å²) >= 11 is 9.46. The molecule has 0 aromatic carbocycles. The van der Waals surface area contributed by atoms with E-state index in [1.165, 1.54) is 6.20 Å². The van der Waals surface area contributed by atoms with Crippen molar-refractivity contribution in [2.24, 2.45) is 0 Å². The molecule has 0 bridgehead atoms. The van der Waals surface area contributed by atoms with Crippen molar-refractivity contribution in [3.8, 4) is 0 Å². The quantitative estimate of drug-likeness (QED) is 0.812. The second-order valence-corrected chi connectivity index (χ2v) is 9.13. The molecule has 1 atom stereocenters. The van der Waals surface area contributed by atoms with Crippen LogP contribution in [0.3, 0.4) is 0 Å². The number of hydrogen-bond acceptors (Lipinski definition) is 5. The second-order valence-electron chi connectivity index (χ2n) is 3.92. The summed E-state index contributed by atoms with van der Waals surface area (Å²) in [5.41, 5.74) is -1.89. The van der Waals surface area contributed by atoms with E-state index in [0.717, 1.165) is 18.3 Å². The lowest BCUT2D eigenvalue weighted by Gasteiger charge is -2.13. The molecular weight excluding hydrogens is 419 g/mol. The number of aromatic nitrogens is 3. The average molecular weight is 425 g/mol. The number of halogens is 5. The molecule has 116 valence electrons. The van der Waals surface area contributed by atoms with Gasteiger partial charge < -0.3 is 0 Å². The highest BCUT2D eigenvalue weighted by molar-refractivity contribution is 9.11. The normalized spacial score (nSPS) is 14.4. The van der Waals surface area contributed by atoms with Crippen LogP contribution in [0.2, 0.25) is 5.15 Å². The van der Waals surface area contributed by atoms with Gasteiger partial charge in [0.1, 0.15) is 5.69 Å². The number of nitrogens with one attached hydrogen (secondary N) is 1. The molecule has 0 spiro atoms. The lowest BCUT2D eigenvalue weighted by molar-refractivity contribution is -0.141.